The molecule has 128 valence electrons. The van der Waals surface area contributed by atoms with E-state index in [9.17, 15) is 14.7 Å². The predicted octanol–water partition coefficient (Wildman–Crippen LogP) is 2.10. The van der Waals surface area contributed by atoms with Crippen LogP contribution >= 0.6 is 0 Å². The molecular formula is C17H25NO5. The molecule has 2 N–H and O–H groups in total. The Balaban J connectivity index is 2.77. The zero-order valence-electron chi connectivity index (χ0n) is 14.3. The van der Waals surface area contributed by atoms with Crippen LogP contribution < -0.4 is 10.1 Å². The summed E-state index contributed by atoms with van der Waals surface area (Å²) in [5.74, 6) is -0.778. The van der Waals surface area contributed by atoms with Gasteiger partial charge in [-0.2, -0.15) is 0 Å². The van der Waals surface area contributed by atoms with Crippen molar-refractivity contribution in [3.05, 3.63) is 29.3 Å². The maximum absolute atomic E-state index is 12.0. The average molecular weight is 323 g/mol. The van der Waals surface area contributed by atoms with Crippen LogP contribution in [0.3, 0.4) is 0 Å². The van der Waals surface area contributed by atoms with Gasteiger partial charge < -0.3 is 19.9 Å². The Morgan fingerprint density at radius 1 is 1.35 bits per heavy atom. The Morgan fingerprint density at radius 2 is 2.00 bits per heavy atom. The molecule has 6 nitrogen and oxygen atoms in total. The lowest BCUT2D eigenvalue weighted by atomic mass is 10.0. The SMILES string of the molecule is COCC(C)(NC(=O)COc1cc(C)ccc1C(C)C)C(=O)O. The molecule has 1 aromatic rings. The molecule has 1 unspecified atom stereocenters. The molecule has 1 rings (SSSR count). The van der Waals surface area contributed by atoms with E-state index in [0.717, 1.165) is 11.1 Å². The van der Waals surface area contributed by atoms with Gasteiger partial charge in [-0.05, 0) is 37.0 Å². The largest absolute Gasteiger partial charge is 0.483 e. The first-order valence-corrected chi connectivity index (χ1v) is 7.46. The van der Waals surface area contributed by atoms with Crippen molar-refractivity contribution >= 4 is 11.9 Å². The van der Waals surface area contributed by atoms with Crippen LogP contribution in [0.2, 0.25) is 0 Å². The fraction of sp³-hybridized carbons (Fsp3) is 0.529. The third kappa shape index (κ3) is 5.25. The molecule has 1 aromatic carbocycles. The summed E-state index contributed by atoms with van der Waals surface area (Å²) in [4.78, 5) is 23.3. The molecule has 1 atom stereocenters. The van der Waals surface area contributed by atoms with Gasteiger partial charge in [0.1, 0.15) is 5.75 Å². The Bertz CT molecular complexity index is 570. The quantitative estimate of drug-likeness (QED) is 0.765. The van der Waals surface area contributed by atoms with Crippen LogP contribution in [-0.2, 0) is 14.3 Å². The van der Waals surface area contributed by atoms with Crippen molar-refractivity contribution in [2.75, 3.05) is 20.3 Å². The maximum Gasteiger partial charge on any atom is 0.331 e. The summed E-state index contributed by atoms with van der Waals surface area (Å²) in [5.41, 5.74) is 0.545. The number of carboxylic acid groups (broad SMARTS) is 1. The van der Waals surface area contributed by atoms with Crippen LogP contribution in [-0.4, -0.2) is 42.8 Å². The van der Waals surface area contributed by atoms with Crippen molar-refractivity contribution in [2.45, 2.75) is 39.2 Å². The van der Waals surface area contributed by atoms with Crippen LogP contribution in [0.5, 0.6) is 5.75 Å². The summed E-state index contributed by atoms with van der Waals surface area (Å²) in [6.45, 7) is 7.03. The molecule has 0 fully saturated rings. The third-order valence-electron chi connectivity index (χ3n) is 3.47. The van der Waals surface area contributed by atoms with E-state index in [4.69, 9.17) is 9.47 Å². The lowest BCUT2D eigenvalue weighted by Gasteiger charge is -2.25. The van der Waals surface area contributed by atoms with Crippen molar-refractivity contribution < 1.29 is 24.2 Å². The first-order chi connectivity index (χ1) is 10.7. The second kappa shape index (κ2) is 7.97. The van der Waals surface area contributed by atoms with Gasteiger partial charge in [0.2, 0.25) is 0 Å². The number of amides is 1. The summed E-state index contributed by atoms with van der Waals surface area (Å²) >= 11 is 0. The highest BCUT2D eigenvalue weighted by Crippen LogP contribution is 2.27. The lowest BCUT2D eigenvalue weighted by molar-refractivity contribution is -0.149. The zero-order chi connectivity index (χ0) is 17.6. The van der Waals surface area contributed by atoms with Gasteiger partial charge >= 0.3 is 5.97 Å². The van der Waals surface area contributed by atoms with E-state index in [-0.39, 0.29) is 19.1 Å². The van der Waals surface area contributed by atoms with Gasteiger partial charge in [-0.1, -0.05) is 26.0 Å². The van der Waals surface area contributed by atoms with Gasteiger partial charge in [-0.15, -0.1) is 0 Å². The Hall–Kier alpha value is -2.08. The van der Waals surface area contributed by atoms with Crippen molar-refractivity contribution in [2.24, 2.45) is 0 Å². The van der Waals surface area contributed by atoms with E-state index in [1.54, 1.807) is 0 Å². The normalized spacial score (nSPS) is 13.5. The van der Waals surface area contributed by atoms with E-state index in [2.05, 4.69) is 5.32 Å². The highest BCUT2D eigenvalue weighted by Gasteiger charge is 2.35. The lowest BCUT2D eigenvalue weighted by Crippen LogP contribution is -2.56. The van der Waals surface area contributed by atoms with E-state index in [1.165, 1.54) is 14.0 Å². The van der Waals surface area contributed by atoms with Crippen LogP contribution in [0.4, 0.5) is 0 Å². The van der Waals surface area contributed by atoms with Gasteiger partial charge in [0.15, 0.2) is 12.1 Å². The van der Waals surface area contributed by atoms with E-state index >= 15 is 0 Å². The first-order valence-electron chi connectivity index (χ1n) is 7.46. The smallest absolute Gasteiger partial charge is 0.331 e. The van der Waals surface area contributed by atoms with Crippen molar-refractivity contribution in [1.29, 1.82) is 0 Å². The molecule has 0 saturated heterocycles. The van der Waals surface area contributed by atoms with Crippen LogP contribution in [0, 0.1) is 6.92 Å². The number of aliphatic carboxylic acids is 1. The van der Waals surface area contributed by atoms with Gasteiger partial charge in [0, 0.05) is 7.11 Å². The number of ether oxygens (including phenoxy) is 2. The fourth-order valence-corrected chi connectivity index (χ4v) is 2.17. The number of benzene rings is 1. The molecule has 0 aromatic heterocycles. The van der Waals surface area contributed by atoms with Crippen molar-refractivity contribution in [1.82, 2.24) is 5.32 Å². The molecule has 0 aliphatic heterocycles. The van der Waals surface area contributed by atoms with Gasteiger partial charge in [0.05, 0.1) is 6.61 Å². The van der Waals surface area contributed by atoms with Crippen molar-refractivity contribution in [3.63, 3.8) is 0 Å². The number of hydrogen-bond donors (Lipinski definition) is 2. The molecule has 0 aliphatic carbocycles. The number of rotatable bonds is 8. The molecule has 0 spiro atoms. The molecule has 1 amide bonds. The Morgan fingerprint density at radius 3 is 2.52 bits per heavy atom. The number of carboxylic acids is 1. The number of hydrogen-bond acceptors (Lipinski definition) is 4. The van der Waals surface area contributed by atoms with Gasteiger partial charge in [-0.3, -0.25) is 4.79 Å². The molecule has 6 heteroatoms. The standard InChI is InChI=1S/C17H25NO5/c1-11(2)13-7-6-12(3)8-14(13)23-9-15(19)18-17(4,10-22-5)16(20)21/h6-8,11H,9-10H2,1-5H3,(H,18,19)(H,20,21). The molecule has 0 aliphatic rings. The number of carbonyl (C=O) groups excluding carboxylic acids is 1. The molecular weight excluding hydrogens is 298 g/mol. The summed E-state index contributed by atoms with van der Waals surface area (Å²) in [6, 6.07) is 5.83. The fourth-order valence-electron chi connectivity index (χ4n) is 2.17. The third-order valence-corrected chi connectivity index (χ3v) is 3.47. The number of aryl methyl sites for hydroxylation is 1. The van der Waals surface area contributed by atoms with E-state index < -0.39 is 17.4 Å². The summed E-state index contributed by atoms with van der Waals surface area (Å²) < 4.78 is 10.5. The first kappa shape index (κ1) is 19.0. The monoisotopic (exact) mass is 323 g/mol. The van der Waals surface area contributed by atoms with E-state index in [1.807, 2.05) is 39.0 Å². The number of carbonyl (C=O) groups is 2. The molecule has 0 bridgehead atoms. The average Bonchev–Trinajstić information content (AvgIpc) is 2.44. The summed E-state index contributed by atoms with van der Waals surface area (Å²) in [6.07, 6.45) is 0. The highest BCUT2D eigenvalue weighted by atomic mass is 16.5. The van der Waals surface area contributed by atoms with Crippen LogP contribution in [0.15, 0.2) is 18.2 Å². The van der Waals surface area contributed by atoms with E-state index in [0.29, 0.717) is 5.75 Å². The summed E-state index contributed by atoms with van der Waals surface area (Å²) in [7, 11) is 1.38. The van der Waals surface area contributed by atoms with Gasteiger partial charge in [-0.25, -0.2) is 4.79 Å². The Labute approximate surface area is 136 Å². The summed E-state index contributed by atoms with van der Waals surface area (Å²) in [5, 5.41) is 11.7. The minimum Gasteiger partial charge on any atom is -0.483 e. The second-order valence-corrected chi connectivity index (χ2v) is 6.10. The highest BCUT2D eigenvalue weighted by molar-refractivity contribution is 5.87. The number of nitrogens with one attached hydrogen (secondary N) is 1. The number of methoxy groups -OCH3 is 1. The predicted molar refractivity (Wildman–Crippen MR) is 86.8 cm³/mol. The van der Waals surface area contributed by atoms with Gasteiger partial charge in [0.25, 0.3) is 5.91 Å². The minimum absolute atomic E-state index is 0.129. The molecule has 0 radical (unpaired) electrons. The molecule has 0 heterocycles. The van der Waals surface area contributed by atoms with Crippen LogP contribution in [0.25, 0.3) is 0 Å². The zero-order valence-corrected chi connectivity index (χ0v) is 14.3. The van der Waals surface area contributed by atoms with Crippen LogP contribution in [0.1, 0.15) is 37.8 Å². The Kier molecular flexibility index (Phi) is 6.57. The maximum atomic E-state index is 12.0. The topological polar surface area (TPSA) is 84.9 Å². The molecule has 23 heavy (non-hydrogen) atoms. The minimum atomic E-state index is -1.48. The van der Waals surface area contributed by atoms with Crippen molar-refractivity contribution in [3.8, 4) is 5.75 Å². The second-order valence-electron chi connectivity index (χ2n) is 6.10. The molecule has 0 saturated carbocycles.